The monoisotopic (exact) mass is 500 g/mol. The van der Waals surface area contributed by atoms with Gasteiger partial charge in [-0.05, 0) is 65.4 Å². The predicted octanol–water partition coefficient (Wildman–Crippen LogP) is 6.08. The molecule has 3 aromatic carbocycles. The van der Waals surface area contributed by atoms with Crippen LogP contribution in [-0.4, -0.2) is 42.0 Å². The van der Waals surface area contributed by atoms with Gasteiger partial charge in [-0.3, -0.25) is 9.69 Å². The molecule has 6 heteroatoms. The number of fused-ring (bicyclic) bond motifs is 1. The maximum atomic E-state index is 13.3. The van der Waals surface area contributed by atoms with Crippen LogP contribution in [0.1, 0.15) is 53.4 Å². The van der Waals surface area contributed by atoms with E-state index < -0.39 is 0 Å². The minimum atomic E-state index is -0.240. The van der Waals surface area contributed by atoms with E-state index in [1.807, 2.05) is 19.1 Å². The second-order valence-corrected chi connectivity index (χ2v) is 10.9. The standard InChI is InChI=1S/C31H33FN2O3/c1-20-17-26(35)25(19-33-13-15-34(16-14-33)24-11-9-23(32)10-12-24)30-28(20)29(36)27(37-30)18-21-5-7-22(8-6-21)31(2,3)4/h5-12,17-18,35H,13-16,19H2,1-4H3/b27-18+. The molecule has 1 saturated heterocycles. The van der Waals surface area contributed by atoms with Crippen molar-refractivity contribution in [3.05, 3.63) is 94.0 Å². The molecule has 5 rings (SSSR count). The molecular weight excluding hydrogens is 467 g/mol. The van der Waals surface area contributed by atoms with E-state index in [2.05, 4.69) is 42.7 Å². The Kier molecular flexibility index (Phi) is 6.54. The van der Waals surface area contributed by atoms with Crippen molar-refractivity contribution in [3.63, 3.8) is 0 Å². The first-order valence-electron chi connectivity index (χ1n) is 12.7. The summed E-state index contributed by atoms with van der Waals surface area (Å²) in [6.45, 7) is 11.9. The first kappa shape index (κ1) is 25.0. The van der Waals surface area contributed by atoms with Gasteiger partial charge in [0.05, 0.1) is 11.1 Å². The number of anilines is 1. The number of hydrogen-bond donors (Lipinski definition) is 1. The van der Waals surface area contributed by atoms with Crippen LogP contribution in [0.3, 0.4) is 0 Å². The molecule has 1 N–H and O–H groups in total. The van der Waals surface area contributed by atoms with Crippen molar-refractivity contribution in [1.82, 2.24) is 4.90 Å². The molecule has 5 nitrogen and oxygen atoms in total. The Morgan fingerprint density at radius 1 is 1.00 bits per heavy atom. The fourth-order valence-electron chi connectivity index (χ4n) is 5.00. The third kappa shape index (κ3) is 5.12. The number of carbonyl (C=O) groups is 1. The summed E-state index contributed by atoms with van der Waals surface area (Å²) < 4.78 is 19.4. The minimum absolute atomic E-state index is 0.0512. The third-order valence-corrected chi connectivity index (χ3v) is 7.24. The van der Waals surface area contributed by atoms with Crippen molar-refractivity contribution in [3.8, 4) is 11.5 Å². The number of nitrogens with zero attached hydrogens (tertiary/aromatic N) is 2. The Bertz CT molecular complexity index is 1350. The lowest BCUT2D eigenvalue weighted by Gasteiger charge is -2.36. The second kappa shape index (κ2) is 9.67. The summed E-state index contributed by atoms with van der Waals surface area (Å²) in [7, 11) is 0. The van der Waals surface area contributed by atoms with Crippen molar-refractivity contribution < 1.29 is 19.0 Å². The number of aryl methyl sites for hydroxylation is 1. The van der Waals surface area contributed by atoms with Crippen molar-refractivity contribution in [2.75, 3.05) is 31.1 Å². The van der Waals surface area contributed by atoms with E-state index in [0.29, 0.717) is 29.0 Å². The highest BCUT2D eigenvalue weighted by Gasteiger charge is 2.34. The summed E-state index contributed by atoms with van der Waals surface area (Å²) in [5.41, 5.74) is 5.03. The van der Waals surface area contributed by atoms with Gasteiger partial charge in [-0.25, -0.2) is 4.39 Å². The molecule has 192 valence electrons. The second-order valence-electron chi connectivity index (χ2n) is 10.9. The summed E-state index contributed by atoms with van der Waals surface area (Å²) in [6.07, 6.45) is 1.77. The van der Waals surface area contributed by atoms with Gasteiger partial charge >= 0.3 is 0 Å². The summed E-state index contributed by atoms with van der Waals surface area (Å²) in [5, 5.41) is 10.8. The van der Waals surface area contributed by atoms with Crippen LogP contribution in [0.25, 0.3) is 6.08 Å². The van der Waals surface area contributed by atoms with Crippen molar-refractivity contribution in [2.24, 2.45) is 0 Å². The van der Waals surface area contributed by atoms with Gasteiger partial charge < -0.3 is 14.7 Å². The molecule has 1 fully saturated rings. The van der Waals surface area contributed by atoms with E-state index >= 15 is 0 Å². The molecule has 0 unspecified atom stereocenters. The van der Waals surface area contributed by atoms with Crippen LogP contribution >= 0.6 is 0 Å². The SMILES string of the molecule is Cc1cc(O)c(CN2CCN(c3ccc(F)cc3)CC2)c2c1C(=O)/C(=C\c1ccc(C(C)(C)C)cc1)O2. The topological polar surface area (TPSA) is 53.0 Å². The fourth-order valence-corrected chi connectivity index (χ4v) is 5.00. The van der Waals surface area contributed by atoms with Crippen LogP contribution in [0.5, 0.6) is 11.5 Å². The zero-order valence-electron chi connectivity index (χ0n) is 21.8. The number of hydrogen-bond acceptors (Lipinski definition) is 5. The normalized spacial score (nSPS) is 17.3. The number of allylic oxidation sites excluding steroid dienone is 1. The number of aromatic hydroxyl groups is 1. The molecule has 37 heavy (non-hydrogen) atoms. The van der Waals surface area contributed by atoms with Crippen molar-refractivity contribution >= 4 is 17.5 Å². The minimum Gasteiger partial charge on any atom is -0.507 e. The summed E-state index contributed by atoms with van der Waals surface area (Å²) in [5.74, 6) is 0.474. The molecule has 0 bridgehead atoms. The third-order valence-electron chi connectivity index (χ3n) is 7.24. The van der Waals surface area contributed by atoms with Gasteiger partial charge in [0.2, 0.25) is 5.78 Å². The number of rotatable bonds is 4. The first-order chi connectivity index (χ1) is 17.6. The lowest BCUT2D eigenvalue weighted by molar-refractivity contribution is 0.101. The van der Waals surface area contributed by atoms with Crippen molar-refractivity contribution in [2.45, 2.75) is 39.7 Å². The summed E-state index contributed by atoms with van der Waals surface area (Å²) >= 11 is 0. The Labute approximate surface area is 217 Å². The van der Waals surface area contributed by atoms with Gasteiger partial charge in [0.1, 0.15) is 17.3 Å². The average Bonchev–Trinajstić information content (AvgIpc) is 3.18. The number of phenolic OH excluding ortho intramolecular Hbond substituents is 1. The van der Waals surface area contributed by atoms with E-state index in [1.165, 1.54) is 17.7 Å². The number of ether oxygens (including phenoxy) is 1. The Morgan fingerprint density at radius 2 is 1.65 bits per heavy atom. The maximum absolute atomic E-state index is 13.3. The zero-order valence-corrected chi connectivity index (χ0v) is 21.8. The van der Waals surface area contributed by atoms with E-state index in [1.54, 1.807) is 24.3 Å². The quantitative estimate of drug-likeness (QED) is 0.441. The van der Waals surface area contributed by atoms with Gasteiger partial charge in [-0.15, -0.1) is 0 Å². The molecule has 0 atom stereocenters. The Morgan fingerprint density at radius 3 is 2.27 bits per heavy atom. The van der Waals surface area contributed by atoms with E-state index in [0.717, 1.165) is 37.4 Å². The molecule has 0 saturated carbocycles. The van der Waals surface area contributed by atoms with Crippen LogP contribution in [0, 0.1) is 12.7 Å². The van der Waals surface area contributed by atoms with Crippen LogP contribution < -0.4 is 9.64 Å². The number of carbonyl (C=O) groups excluding carboxylic acids is 1. The van der Waals surface area contributed by atoms with Crippen LogP contribution in [0.2, 0.25) is 0 Å². The number of phenols is 1. The van der Waals surface area contributed by atoms with Crippen molar-refractivity contribution in [1.29, 1.82) is 0 Å². The Balaban J connectivity index is 1.34. The maximum Gasteiger partial charge on any atom is 0.232 e. The predicted molar refractivity (Wildman–Crippen MR) is 145 cm³/mol. The largest absolute Gasteiger partial charge is 0.507 e. The number of halogens is 1. The molecule has 0 spiro atoms. The van der Waals surface area contributed by atoms with Gasteiger partial charge in [-0.2, -0.15) is 0 Å². The molecule has 2 aliphatic rings. The fraction of sp³-hybridized carbons (Fsp3) is 0.323. The number of ketones is 1. The molecule has 2 heterocycles. The number of piperazine rings is 1. The highest BCUT2D eigenvalue weighted by Crippen LogP contribution is 2.42. The smallest absolute Gasteiger partial charge is 0.232 e. The molecule has 0 aliphatic carbocycles. The van der Waals surface area contributed by atoms with E-state index in [-0.39, 0.29) is 28.5 Å². The lowest BCUT2D eigenvalue weighted by atomic mass is 9.86. The average molecular weight is 501 g/mol. The molecule has 2 aliphatic heterocycles. The first-order valence-corrected chi connectivity index (χ1v) is 12.7. The van der Waals surface area contributed by atoms with Crippen LogP contribution in [0.15, 0.2) is 60.4 Å². The molecule has 0 aromatic heterocycles. The zero-order chi connectivity index (χ0) is 26.3. The molecule has 3 aromatic rings. The van der Waals surface area contributed by atoms with Crippen LogP contribution in [-0.2, 0) is 12.0 Å². The highest BCUT2D eigenvalue weighted by atomic mass is 19.1. The lowest BCUT2D eigenvalue weighted by Crippen LogP contribution is -2.46. The summed E-state index contributed by atoms with van der Waals surface area (Å²) in [6, 6.07) is 16.4. The molecular formula is C31H33FN2O3. The van der Waals surface area contributed by atoms with Gasteiger partial charge in [-0.1, -0.05) is 45.0 Å². The molecule has 0 amide bonds. The van der Waals surface area contributed by atoms with Gasteiger partial charge in [0, 0.05) is 38.4 Å². The van der Waals surface area contributed by atoms with Gasteiger partial charge in [0.15, 0.2) is 5.76 Å². The highest BCUT2D eigenvalue weighted by molar-refractivity contribution is 6.15. The van der Waals surface area contributed by atoms with E-state index in [4.69, 9.17) is 4.74 Å². The number of benzene rings is 3. The van der Waals surface area contributed by atoms with E-state index in [9.17, 15) is 14.3 Å². The van der Waals surface area contributed by atoms with Crippen LogP contribution in [0.4, 0.5) is 10.1 Å². The summed E-state index contributed by atoms with van der Waals surface area (Å²) in [4.78, 5) is 17.8. The van der Waals surface area contributed by atoms with Gasteiger partial charge in [0.25, 0.3) is 0 Å². The Hall–Kier alpha value is -3.64. The number of Topliss-reactive ketones (excluding diaryl/α,β-unsaturated/α-hetero) is 1. The molecule has 0 radical (unpaired) electrons.